The van der Waals surface area contributed by atoms with Crippen molar-refractivity contribution in [2.24, 2.45) is 0 Å². The number of ether oxygens (including phenoxy) is 1. The van der Waals surface area contributed by atoms with Crippen molar-refractivity contribution in [1.29, 1.82) is 0 Å². The van der Waals surface area contributed by atoms with E-state index in [4.69, 9.17) is 4.74 Å². The van der Waals surface area contributed by atoms with E-state index in [1.54, 1.807) is 0 Å². The highest BCUT2D eigenvalue weighted by Gasteiger charge is 2.42. The summed E-state index contributed by atoms with van der Waals surface area (Å²) in [5.74, 6) is 0.876. The fourth-order valence-corrected chi connectivity index (χ4v) is 3.17. The molecule has 1 aromatic rings. The standard InChI is InChI=1S/C15H21NO2/c1-2-16-9-7-15(8-10-16)11-13(17)12-5-3-4-6-14(12)18-15/h3-6,13,17H,2,7-11H2,1H3. The van der Waals surface area contributed by atoms with Crippen molar-refractivity contribution in [1.82, 2.24) is 4.90 Å². The van der Waals surface area contributed by atoms with E-state index in [0.29, 0.717) is 0 Å². The first-order valence-electron chi connectivity index (χ1n) is 6.91. The third kappa shape index (κ3) is 2.02. The molecule has 0 aliphatic carbocycles. The Hall–Kier alpha value is -1.06. The number of piperidine rings is 1. The first kappa shape index (κ1) is 12.0. The molecule has 1 fully saturated rings. The van der Waals surface area contributed by atoms with Gasteiger partial charge >= 0.3 is 0 Å². The average molecular weight is 247 g/mol. The minimum Gasteiger partial charge on any atom is -0.487 e. The highest BCUT2D eigenvalue weighted by atomic mass is 16.5. The topological polar surface area (TPSA) is 32.7 Å². The first-order chi connectivity index (χ1) is 8.72. The third-order valence-electron chi connectivity index (χ3n) is 4.38. The van der Waals surface area contributed by atoms with Crippen LogP contribution in [-0.2, 0) is 0 Å². The highest BCUT2D eigenvalue weighted by molar-refractivity contribution is 5.38. The summed E-state index contributed by atoms with van der Waals surface area (Å²) in [4.78, 5) is 2.45. The van der Waals surface area contributed by atoms with Gasteiger partial charge in [-0.25, -0.2) is 0 Å². The normalized spacial score (nSPS) is 26.7. The number of para-hydroxylation sites is 1. The van der Waals surface area contributed by atoms with Crippen molar-refractivity contribution in [3.8, 4) is 5.75 Å². The predicted octanol–water partition coefficient (Wildman–Crippen LogP) is 2.36. The van der Waals surface area contributed by atoms with Crippen LogP contribution >= 0.6 is 0 Å². The summed E-state index contributed by atoms with van der Waals surface area (Å²) in [6, 6.07) is 7.88. The number of benzene rings is 1. The summed E-state index contributed by atoms with van der Waals surface area (Å²) in [6.45, 7) is 5.45. The molecule has 0 bridgehead atoms. The number of aliphatic hydroxyl groups excluding tert-OH is 1. The van der Waals surface area contributed by atoms with Crippen LogP contribution in [0.3, 0.4) is 0 Å². The maximum Gasteiger partial charge on any atom is 0.125 e. The SMILES string of the molecule is CCN1CCC2(CC1)CC(O)c1ccccc1O2. The minimum atomic E-state index is -0.372. The summed E-state index contributed by atoms with van der Waals surface area (Å²) in [6.07, 6.45) is 2.41. The zero-order valence-corrected chi connectivity index (χ0v) is 10.9. The molecule has 0 saturated carbocycles. The van der Waals surface area contributed by atoms with Crippen molar-refractivity contribution in [3.63, 3.8) is 0 Å². The molecule has 1 aromatic carbocycles. The first-order valence-corrected chi connectivity index (χ1v) is 6.91. The van der Waals surface area contributed by atoms with Gasteiger partial charge < -0.3 is 14.7 Å². The highest BCUT2D eigenvalue weighted by Crippen LogP contribution is 2.43. The second-order valence-corrected chi connectivity index (χ2v) is 5.48. The van der Waals surface area contributed by atoms with Crippen LogP contribution in [0.4, 0.5) is 0 Å². The Labute approximate surface area is 108 Å². The van der Waals surface area contributed by atoms with E-state index < -0.39 is 0 Å². The lowest BCUT2D eigenvalue weighted by Crippen LogP contribution is -2.50. The van der Waals surface area contributed by atoms with Gasteiger partial charge in [0.2, 0.25) is 0 Å². The molecule has 3 nitrogen and oxygen atoms in total. The number of hydrogen-bond donors (Lipinski definition) is 1. The summed E-state index contributed by atoms with van der Waals surface area (Å²) in [7, 11) is 0. The van der Waals surface area contributed by atoms with Crippen LogP contribution in [0.2, 0.25) is 0 Å². The Bertz CT molecular complexity index is 424. The van der Waals surface area contributed by atoms with Gasteiger partial charge in [0, 0.05) is 25.1 Å². The average Bonchev–Trinajstić information content (AvgIpc) is 2.40. The second-order valence-electron chi connectivity index (χ2n) is 5.48. The van der Waals surface area contributed by atoms with Crippen LogP contribution in [-0.4, -0.2) is 35.2 Å². The number of fused-ring (bicyclic) bond motifs is 1. The Morgan fingerprint density at radius 2 is 2.06 bits per heavy atom. The van der Waals surface area contributed by atoms with Crippen LogP contribution in [0.15, 0.2) is 24.3 Å². The molecule has 0 amide bonds. The van der Waals surface area contributed by atoms with Crippen LogP contribution in [0.1, 0.15) is 37.9 Å². The molecule has 1 atom stereocenters. The van der Waals surface area contributed by atoms with Crippen LogP contribution in [0.5, 0.6) is 5.75 Å². The Kier molecular flexibility index (Phi) is 3.04. The minimum absolute atomic E-state index is 0.139. The molecule has 1 unspecified atom stereocenters. The van der Waals surface area contributed by atoms with E-state index >= 15 is 0 Å². The van der Waals surface area contributed by atoms with E-state index in [2.05, 4.69) is 11.8 Å². The van der Waals surface area contributed by atoms with Crippen LogP contribution in [0.25, 0.3) is 0 Å². The molecule has 2 aliphatic heterocycles. The molecule has 2 heterocycles. The van der Waals surface area contributed by atoms with E-state index in [9.17, 15) is 5.11 Å². The molecule has 0 aromatic heterocycles. The van der Waals surface area contributed by atoms with Gasteiger partial charge in [-0.15, -0.1) is 0 Å². The van der Waals surface area contributed by atoms with Crippen LogP contribution < -0.4 is 4.74 Å². The van der Waals surface area contributed by atoms with Gasteiger partial charge in [-0.3, -0.25) is 0 Å². The number of aliphatic hydroxyl groups is 1. The smallest absolute Gasteiger partial charge is 0.125 e. The number of nitrogens with zero attached hydrogens (tertiary/aromatic N) is 1. The van der Waals surface area contributed by atoms with Crippen molar-refractivity contribution in [2.45, 2.75) is 37.9 Å². The monoisotopic (exact) mass is 247 g/mol. The van der Waals surface area contributed by atoms with Gasteiger partial charge in [0.05, 0.1) is 6.10 Å². The molecular weight excluding hydrogens is 226 g/mol. The predicted molar refractivity (Wildman–Crippen MR) is 70.7 cm³/mol. The summed E-state index contributed by atoms with van der Waals surface area (Å²) >= 11 is 0. The Balaban J connectivity index is 1.81. The molecule has 1 spiro atoms. The van der Waals surface area contributed by atoms with Gasteiger partial charge in [0.15, 0.2) is 0 Å². The van der Waals surface area contributed by atoms with Gasteiger partial charge in [-0.05, 0) is 25.5 Å². The number of likely N-dealkylation sites (tertiary alicyclic amines) is 1. The van der Waals surface area contributed by atoms with E-state index in [1.807, 2.05) is 24.3 Å². The second kappa shape index (κ2) is 4.56. The van der Waals surface area contributed by atoms with Crippen LogP contribution in [0, 0.1) is 0 Å². The lowest BCUT2D eigenvalue weighted by atomic mass is 9.82. The van der Waals surface area contributed by atoms with Gasteiger partial charge in [-0.2, -0.15) is 0 Å². The molecule has 0 radical (unpaired) electrons. The molecule has 3 heteroatoms. The summed E-state index contributed by atoms with van der Waals surface area (Å²) in [5.41, 5.74) is 0.806. The fraction of sp³-hybridized carbons (Fsp3) is 0.600. The molecular formula is C15H21NO2. The van der Waals surface area contributed by atoms with Gasteiger partial charge in [0.25, 0.3) is 0 Å². The van der Waals surface area contributed by atoms with Crippen molar-refractivity contribution < 1.29 is 9.84 Å². The quantitative estimate of drug-likeness (QED) is 0.827. The molecule has 18 heavy (non-hydrogen) atoms. The van der Waals surface area contributed by atoms with Crippen molar-refractivity contribution >= 4 is 0 Å². The van der Waals surface area contributed by atoms with E-state index in [-0.39, 0.29) is 11.7 Å². The molecule has 1 N–H and O–H groups in total. The molecule has 3 rings (SSSR count). The maximum atomic E-state index is 10.3. The fourth-order valence-electron chi connectivity index (χ4n) is 3.17. The van der Waals surface area contributed by atoms with Gasteiger partial charge in [0.1, 0.15) is 11.4 Å². The van der Waals surface area contributed by atoms with Crippen molar-refractivity contribution in [2.75, 3.05) is 19.6 Å². The van der Waals surface area contributed by atoms with Gasteiger partial charge in [-0.1, -0.05) is 25.1 Å². The largest absolute Gasteiger partial charge is 0.487 e. The summed E-state index contributed by atoms with van der Waals surface area (Å²) in [5, 5.41) is 10.3. The molecule has 1 saturated heterocycles. The zero-order chi connectivity index (χ0) is 12.6. The summed E-state index contributed by atoms with van der Waals surface area (Å²) < 4.78 is 6.24. The number of hydrogen-bond acceptors (Lipinski definition) is 3. The van der Waals surface area contributed by atoms with E-state index in [1.165, 1.54) is 0 Å². The Morgan fingerprint density at radius 3 is 2.78 bits per heavy atom. The lowest BCUT2D eigenvalue weighted by Gasteiger charge is -2.45. The molecule has 2 aliphatic rings. The van der Waals surface area contributed by atoms with Crippen molar-refractivity contribution in [3.05, 3.63) is 29.8 Å². The molecule has 98 valence electrons. The maximum absolute atomic E-state index is 10.3. The Morgan fingerprint density at radius 1 is 1.33 bits per heavy atom. The van der Waals surface area contributed by atoms with E-state index in [0.717, 1.165) is 50.2 Å². The third-order valence-corrected chi connectivity index (χ3v) is 4.38. The lowest BCUT2D eigenvalue weighted by molar-refractivity contribution is -0.0531. The number of rotatable bonds is 1. The zero-order valence-electron chi connectivity index (χ0n) is 10.9.